The van der Waals surface area contributed by atoms with Crippen molar-refractivity contribution in [3.8, 4) is 11.1 Å². The van der Waals surface area contributed by atoms with Crippen molar-refractivity contribution in [2.45, 2.75) is 11.3 Å². The van der Waals surface area contributed by atoms with Gasteiger partial charge in [0.15, 0.2) is 0 Å². The zero-order valence-electron chi connectivity index (χ0n) is 10.2. The summed E-state index contributed by atoms with van der Waals surface area (Å²) in [6.07, 6.45) is 0.0539. The number of benzene rings is 2. The number of alkyl halides is 1. The van der Waals surface area contributed by atoms with Gasteiger partial charge < -0.3 is 5.11 Å². The number of rotatable bonds is 5. The van der Waals surface area contributed by atoms with Gasteiger partial charge in [-0.3, -0.25) is 4.79 Å². The molecule has 4 heteroatoms. The van der Waals surface area contributed by atoms with Crippen molar-refractivity contribution in [1.29, 1.82) is 0 Å². The van der Waals surface area contributed by atoms with E-state index in [-0.39, 0.29) is 6.42 Å². The molecule has 0 radical (unpaired) electrons. The molecule has 0 amide bonds. The van der Waals surface area contributed by atoms with Crippen LogP contribution in [0.5, 0.6) is 0 Å². The molecule has 2 aromatic carbocycles. The number of carboxylic acids is 1. The second-order valence-corrected chi connectivity index (χ2v) is 5.62. The molecule has 0 aliphatic carbocycles. The summed E-state index contributed by atoms with van der Waals surface area (Å²) in [4.78, 5) is 11.8. The first kappa shape index (κ1) is 14.0. The Hall–Kier alpha value is -1.45. The lowest BCUT2D eigenvalue weighted by Crippen LogP contribution is -1.99. The van der Waals surface area contributed by atoms with Gasteiger partial charge in [0.25, 0.3) is 0 Å². The van der Waals surface area contributed by atoms with Crippen LogP contribution in [0.25, 0.3) is 11.1 Å². The monoisotopic (exact) mass is 292 g/mol. The average molecular weight is 293 g/mol. The number of carboxylic acid groups (broad SMARTS) is 1. The highest BCUT2D eigenvalue weighted by Crippen LogP contribution is 2.31. The minimum atomic E-state index is -0.814. The molecule has 2 rings (SSSR count). The van der Waals surface area contributed by atoms with Gasteiger partial charge in [-0.05, 0) is 22.8 Å². The van der Waals surface area contributed by atoms with E-state index in [4.69, 9.17) is 16.7 Å². The molecule has 0 fully saturated rings. The predicted octanol–water partition coefficient (Wildman–Crippen LogP) is 4.27. The molecule has 2 aromatic rings. The van der Waals surface area contributed by atoms with Crippen molar-refractivity contribution in [3.63, 3.8) is 0 Å². The van der Waals surface area contributed by atoms with E-state index in [2.05, 4.69) is 0 Å². The lowest BCUT2D eigenvalue weighted by molar-refractivity contribution is -0.136. The molecular formula is C15H13ClO2S. The normalized spacial score (nSPS) is 10.4. The minimum Gasteiger partial charge on any atom is -0.481 e. The summed E-state index contributed by atoms with van der Waals surface area (Å²) in [5, 5.41) is 9.26. The second kappa shape index (κ2) is 6.64. The van der Waals surface area contributed by atoms with Crippen LogP contribution in [0.2, 0.25) is 0 Å². The Morgan fingerprint density at radius 3 is 2.42 bits per heavy atom. The fraction of sp³-hybridized carbons (Fsp3) is 0.133. The summed E-state index contributed by atoms with van der Waals surface area (Å²) in [5.74, 6) is -0.814. The van der Waals surface area contributed by atoms with E-state index in [1.165, 1.54) is 0 Å². The highest BCUT2D eigenvalue weighted by molar-refractivity contribution is 8.00. The van der Waals surface area contributed by atoms with Crippen molar-refractivity contribution >= 4 is 29.3 Å². The van der Waals surface area contributed by atoms with Gasteiger partial charge >= 0.3 is 5.97 Å². The molecule has 0 aliphatic rings. The minimum absolute atomic E-state index is 0.0539. The summed E-state index contributed by atoms with van der Waals surface area (Å²) >= 11 is 7.36. The SMILES string of the molecule is O=C(O)Cc1ccc(-c2ccccc2SCCl)cc1. The Balaban J connectivity index is 2.29. The third-order valence-electron chi connectivity index (χ3n) is 2.72. The van der Waals surface area contributed by atoms with E-state index in [0.29, 0.717) is 5.21 Å². The fourth-order valence-electron chi connectivity index (χ4n) is 1.87. The van der Waals surface area contributed by atoms with Gasteiger partial charge in [0.1, 0.15) is 0 Å². The lowest BCUT2D eigenvalue weighted by atomic mass is 10.0. The van der Waals surface area contributed by atoms with Crippen LogP contribution in [0.1, 0.15) is 5.56 Å². The van der Waals surface area contributed by atoms with E-state index >= 15 is 0 Å². The first-order chi connectivity index (χ1) is 9.20. The maximum absolute atomic E-state index is 10.6. The van der Waals surface area contributed by atoms with Crippen molar-refractivity contribution in [3.05, 3.63) is 54.1 Å². The van der Waals surface area contributed by atoms with Gasteiger partial charge in [0.2, 0.25) is 0 Å². The first-order valence-corrected chi connectivity index (χ1v) is 7.31. The highest BCUT2D eigenvalue weighted by Gasteiger charge is 2.06. The van der Waals surface area contributed by atoms with E-state index in [9.17, 15) is 4.79 Å². The Morgan fingerprint density at radius 1 is 1.11 bits per heavy atom. The van der Waals surface area contributed by atoms with Gasteiger partial charge in [-0.1, -0.05) is 42.5 Å². The third kappa shape index (κ3) is 3.75. The highest BCUT2D eigenvalue weighted by atomic mass is 35.5. The van der Waals surface area contributed by atoms with Crippen LogP contribution in [0.3, 0.4) is 0 Å². The topological polar surface area (TPSA) is 37.3 Å². The van der Waals surface area contributed by atoms with Crippen LogP contribution in [-0.2, 0) is 11.2 Å². The molecule has 0 saturated carbocycles. The molecule has 0 unspecified atom stereocenters. The number of hydrogen-bond donors (Lipinski definition) is 1. The molecule has 0 aromatic heterocycles. The van der Waals surface area contributed by atoms with Crippen LogP contribution >= 0.6 is 23.4 Å². The quantitative estimate of drug-likeness (QED) is 0.660. The number of halogens is 1. The standard InChI is InChI=1S/C15H13ClO2S/c16-10-19-14-4-2-1-3-13(14)12-7-5-11(6-8-12)9-15(17)18/h1-8H,9-10H2,(H,17,18). The number of aliphatic carboxylic acids is 1. The Bertz CT molecular complexity index is 567. The van der Waals surface area contributed by atoms with Crippen LogP contribution in [0.15, 0.2) is 53.4 Å². The molecule has 1 N–H and O–H groups in total. The molecule has 98 valence electrons. The van der Waals surface area contributed by atoms with Gasteiger partial charge in [-0.2, -0.15) is 0 Å². The summed E-state index contributed by atoms with van der Waals surface area (Å²) in [6.45, 7) is 0. The Morgan fingerprint density at radius 2 is 1.79 bits per heavy atom. The molecule has 2 nitrogen and oxygen atoms in total. The third-order valence-corrected chi connectivity index (χ3v) is 3.82. The number of hydrogen-bond acceptors (Lipinski definition) is 2. The molecule has 0 heterocycles. The number of thioether (sulfide) groups is 1. The van der Waals surface area contributed by atoms with Crippen LogP contribution in [0, 0.1) is 0 Å². The Kier molecular flexibility index (Phi) is 4.88. The molecule has 0 spiro atoms. The molecule has 0 bridgehead atoms. The van der Waals surface area contributed by atoms with Gasteiger partial charge in [-0.25, -0.2) is 0 Å². The van der Waals surface area contributed by atoms with Crippen LogP contribution < -0.4 is 0 Å². The van der Waals surface area contributed by atoms with E-state index in [1.807, 2.05) is 48.5 Å². The van der Waals surface area contributed by atoms with Gasteiger partial charge in [-0.15, -0.1) is 23.4 Å². The van der Waals surface area contributed by atoms with Crippen molar-refractivity contribution in [2.24, 2.45) is 0 Å². The van der Waals surface area contributed by atoms with Crippen LogP contribution in [0.4, 0.5) is 0 Å². The van der Waals surface area contributed by atoms with E-state index in [0.717, 1.165) is 21.6 Å². The number of carbonyl (C=O) groups is 1. The average Bonchev–Trinajstić information content (AvgIpc) is 2.40. The smallest absolute Gasteiger partial charge is 0.307 e. The van der Waals surface area contributed by atoms with E-state index in [1.54, 1.807) is 11.8 Å². The molecule has 0 saturated heterocycles. The zero-order chi connectivity index (χ0) is 13.7. The van der Waals surface area contributed by atoms with Gasteiger partial charge in [0.05, 0.1) is 11.6 Å². The Labute approximate surface area is 121 Å². The fourth-order valence-corrected chi connectivity index (χ4v) is 2.85. The molecule has 19 heavy (non-hydrogen) atoms. The molecule has 0 aliphatic heterocycles. The maximum Gasteiger partial charge on any atom is 0.307 e. The van der Waals surface area contributed by atoms with Crippen molar-refractivity contribution < 1.29 is 9.90 Å². The van der Waals surface area contributed by atoms with Crippen LogP contribution in [-0.4, -0.2) is 16.3 Å². The largest absolute Gasteiger partial charge is 0.481 e. The zero-order valence-corrected chi connectivity index (χ0v) is 11.7. The summed E-state index contributed by atoms with van der Waals surface area (Å²) in [7, 11) is 0. The summed E-state index contributed by atoms with van der Waals surface area (Å²) in [6, 6.07) is 15.7. The lowest BCUT2D eigenvalue weighted by Gasteiger charge is -2.08. The first-order valence-electron chi connectivity index (χ1n) is 5.79. The van der Waals surface area contributed by atoms with Gasteiger partial charge in [0, 0.05) is 4.90 Å². The summed E-state index contributed by atoms with van der Waals surface area (Å²) in [5.41, 5.74) is 3.00. The van der Waals surface area contributed by atoms with Crippen molar-refractivity contribution in [2.75, 3.05) is 5.21 Å². The summed E-state index contributed by atoms with van der Waals surface area (Å²) < 4.78 is 0. The van der Waals surface area contributed by atoms with Crippen molar-refractivity contribution in [1.82, 2.24) is 0 Å². The predicted molar refractivity (Wildman–Crippen MR) is 79.8 cm³/mol. The maximum atomic E-state index is 10.6. The molecule has 0 atom stereocenters. The van der Waals surface area contributed by atoms with E-state index < -0.39 is 5.97 Å². The second-order valence-electron chi connectivity index (χ2n) is 4.02. The molecular weight excluding hydrogens is 280 g/mol.